The predicted octanol–water partition coefficient (Wildman–Crippen LogP) is 3.71. The Morgan fingerprint density at radius 1 is 1.21 bits per heavy atom. The Morgan fingerprint density at radius 2 is 2.00 bits per heavy atom. The summed E-state index contributed by atoms with van der Waals surface area (Å²) in [5, 5.41) is 5.99. The Bertz CT molecular complexity index is 743. The van der Waals surface area contributed by atoms with Crippen LogP contribution in [0.25, 0.3) is 0 Å². The molecule has 1 atom stereocenters. The minimum atomic E-state index is -0.197. The summed E-state index contributed by atoms with van der Waals surface area (Å²) < 4.78 is 5.63. The average Bonchev–Trinajstić information content (AvgIpc) is 2.57. The average molecular weight is 325 g/mol. The van der Waals surface area contributed by atoms with E-state index in [1.54, 1.807) is 0 Å². The first-order valence-corrected chi connectivity index (χ1v) is 8.12. The maximum atomic E-state index is 12.4. The van der Waals surface area contributed by atoms with Crippen LogP contribution in [0.3, 0.4) is 0 Å². The second kappa shape index (κ2) is 6.83. The number of nitrogens with zero attached hydrogens (tertiary/aromatic N) is 1. The van der Waals surface area contributed by atoms with E-state index in [9.17, 15) is 4.79 Å². The van der Waals surface area contributed by atoms with E-state index in [0.29, 0.717) is 6.61 Å². The standard InChI is InChI=1S/C19H23N3O2/c1-13-12-14(22(2)3)8-9-16(13)20-19(23)21-17-10-11-24-18-7-5-4-6-15(17)18/h4-9,12,17H,10-11H2,1-3H3,(H2,20,21,23)/t17-/m1/s1. The Morgan fingerprint density at radius 3 is 2.75 bits per heavy atom. The van der Waals surface area contributed by atoms with Crippen LogP contribution in [-0.2, 0) is 0 Å². The molecule has 0 aromatic heterocycles. The van der Waals surface area contributed by atoms with Gasteiger partial charge in [0, 0.05) is 37.5 Å². The van der Waals surface area contributed by atoms with Crippen LogP contribution in [0, 0.1) is 6.92 Å². The third-order valence-corrected chi connectivity index (χ3v) is 4.24. The Hall–Kier alpha value is -2.69. The molecule has 2 aromatic carbocycles. The molecular weight excluding hydrogens is 302 g/mol. The highest BCUT2D eigenvalue weighted by Crippen LogP contribution is 2.31. The van der Waals surface area contributed by atoms with Crippen LogP contribution in [0.1, 0.15) is 23.6 Å². The lowest BCUT2D eigenvalue weighted by molar-refractivity contribution is 0.232. The molecular formula is C19H23N3O2. The van der Waals surface area contributed by atoms with E-state index in [0.717, 1.165) is 34.7 Å². The second-order valence-electron chi connectivity index (χ2n) is 6.22. The fraction of sp³-hybridized carbons (Fsp3) is 0.316. The predicted molar refractivity (Wildman–Crippen MR) is 97.0 cm³/mol. The van der Waals surface area contributed by atoms with Gasteiger partial charge in [0.05, 0.1) is 12.6 Å². The molecule has 0 unspecified atom stereocenters. The van der Waals surface area contributed by atoms with Crippen molar-refractivity contribution in [3.63, 3.8) is 0 Å². The molecule has 2 amide bonds. The third kappa shape index (κ3) is 3.45. The van der Waals surface area contributed by atoms with Gasteiger partial charge in [-0.15, -0.1) is 0 Å². The van der Waals surface area contributed by atoms with Gasteiger partial charge in [-0.2, -0.15) is 0 Å². The molecule has 0 radical (unpaired) electrons. The van der Waals surface area contributed by atoms with Gasteiger partial charge in [0.1, 0.15) is 5.75 Å². The molecule has 1 aliphatic rings. The molecule has 2 N–H and O–H groups in total. The highest BCUT2D eigenvalue weighted by Gasteiger charge is 2.22. The number of carbonyl (C=O) groups is 1. The molecule has 0 saturated heterocycles. The molecule has 5 nitrogen and oxygen atoms in total. The number of amides is 2. The molecule has 5 heteroatoms. The van der Waals surface area contributed by atoms with Crippen LogP contribution in [0.15, 0.2) is 42.5 Å². The smallest absolute Gasteiger partial charge is 0.319 e. The van der Waals surface area contributed by atoms with E-state index < -0.39 is 0 Å². The van der Waals surface area contributed by atoms with Crippen LogP contribution in [0.5, 0.6) is 5.75 Å². The normalized spacial score (nSPS) is 15.9. The number of hydrogen-bond donors (Lipinski definition) is 2. The molecule has 0 saturated carbocycles. The molecule has 1 heterocycles. The van der Waals surface area contributed by atoms with Gasteiger partial charge in [0.25, 0.3) is 0 Å². The number of nitrogens with one attached hydrogen (secondary N) is 2. The van der Waals surface area contributed by atoms with Gasteiger partial charge in [0.15, 0.2) is 0 Å². The van der Waals surface area contributed by atoms with E-state index in [4.69, 9.17) is 4.74 Å². The summed E-state index contributed by atoms with van der Waals surface area (Å²) >= 11 is 0. The minimum Gasteiger partial charge on any atom is -0.493 e. The molecule has 0 aliphatic carbocycles. The van der Waals surface area contributed by atoms with Crippen molar-refractivity contribution >= 4 is 17.4 Å². The number of hydrogen-bond acceptors (Lipinski definition) is 3. The SMILES string of the molecule is Cc1cc(N(C)C)ccc1NC(=O)N[C@@H]1CCOc2ccccc21. The lowest BCUT2D eigenvalue weighted by Gasteiger charge is -2.26. The van der Waals surface area contributed by atoms with Crippen molar-refractivity contribution in [1.29, 1.82) is 0 Å². The highest BCUT2D eigenvalue weighted by atomic mass is 16.5. The fourth-order valence-corrected chi connectivity index (χ4v) is 2.87. The summed E-state index contributed by atoms with van der Waals surface area (Å²) in [4.78, 5) is 14.4. The second-order valence-corrected chi connectivity index (χ2v) is 6.22. The zero-order chi connectivity index (χ0) is 17.1. The van der Waals surface area contributed by atoms with Crippen LogP contribution in [0.2, 0.25) is 0 Å². The van der Waals surface area contributed by atoms with Gasteiger partial charge in [-0.3, -0.25) is 0 Å². The van der Waals surface area contributed by atoms with Gasteiger partial charge in [-0.05, 0) is 36.8 Å². The zero-order valence-electron chi connectivity index (χ0n) is 14.3. The van der Waals surface area contributed by atoms with Crippen molar-refractivity contribution in [2.75, 3.05) is 30.9 Å². The highest BCUT2D eigenvalue weighted by molar-refractivity contribution is 5.90. The van der Waals surface area contributed by atoms with Crippen molar-refractivity contribution in [2.24, 2.45) is 0 Å². The van der Waals surface area contributed by atoms with Crippen molar-refractivity contribution in [1.82, 2.24) is 5.32 Å². The number of carbonyl (C=O) groups excluding carboxylic acids is 1. The first-order valence-electron chi connectivity index (χ1n) is 8.12. The van der Waals surface area contributed by atoms with E-state index >= 15 is 0 Å². The molecule has 2 aromatic rings. The van der Waals surface area contributed by atoms with Crippen molar-refractivity contribution < 1.29 is 9.53 Å². The van der Waals surface area contributed by atoms with E-state index in [1.165, 1.54) is 0 Å². The fourth-order valence-electron chi connectivity index (χ4n) is 2.87. The zero-order valence-corrected chi connectivity index (χ0v) is 14.3. The lowest BCUT2D eigenvalue weighted by Crippen LogP contribution is -2.35. The number of urea groups is 1. The van der Waals surface area contributed by atoms with Gasteiger partial charge >= 0.3 is 6.03 Å². The molecule has 0 bridgehead atoms. The van der Waals surface area contributed by atoms with E-state index in [2.05, 4.69) is 16.7 Å². The van der Waals surface area contributed by atoms with E-state index in [1.807, 2.05) is 62.3 Å². The first kappa shape index (κ1) is 16.2. The van der Waals surface area contributed by atoms with Gasteiger partial charge < -0.3 is 20.3 Å². The molecule has 0 spiro atoms. The quantitative estimate of drug-likeness (QED) is 0.904. The van der Waals surface area contributed by atoms with Crippen molar-refractivity contribution in [3.05, 3.63) is 53.6 Å². The maximum absolute atomic E-state index is 12.4. The van der Waals surface area contributed by atoms with Gasteiger partial charge in [-0.1, -0.05) is 18.2 Å². The van der Waals surface area contributed by atoms with Crippen LogP contribution < -0.4 is 20.3 Å². The number of benzene rings is 2. The molecule has 1 aliphatic heterocycles. The largest absolute Gasteiger partial charge is 0.493 e. The van der Waals surface area contributed by atoms with Crippen LogP contribution in [0.4, 0.5) is 16.2 Å². The van der Waals surface area contributed by atoms with Crippen molar-refractivity contribution in [2.45, 2.75) is 19.4 Å². The number of fused-ring (bicyclic) bond motifs is 1. The summed E-state index contributed by atoms with van der Waals surface area (Å²) in [5.41, 5.74) is 3.98. The monoisotopic (exact) mass is 325 g/mol. The third-order valence-electron chi connectivity index (χ3n) is 4.24. The molecule has 24 heavy (non-hydrogen) atoms. The van der Waals surface area contributed by atoms with Gasteiger partial charge in [-0.25, -0.2) is 4.79 Å². The summed E-state index contributed by atoms with van der Waals surface area (Å²) in [7, 11) is 3.99. The number of aryl methyl sites for hydroxylation is 1. The Labute approximate surface area is 142 Å². The Kier molecular flexibility index (Phi) is 4.60. The van der Waals surface area contributed by atoms with Gasteiger partial charge in [0.2, 0.25) is 0 Å². The first-order chi connectivity index (χ1) is 11.5. The maximum Gasteiger partial charge on any atom is 0.319 e. The molecule has 3 rings (SSSR count). The summed E-state index contributed by atoms with van der Waals surface area (Å²) in [5.74, 6) is 0.848. The van der Waals surface area contributed by atoms with E-state index in [-0.39, 0.29) is 12.1 Å². The number of rotatable bonds is 3. The summed E-state index contributed by atoms with van der Waals surface area (Å²) in [6.07, 6.45) is 0.767. The number of ether oxygens (including phenoxy) is 1. The number of para-hydroxylation sites is 1. The van der Waals surface area contributed by atoms with Crippen molar-refractivity contribution in [3.8, 4) is 5.75 Å². The Balaban J connectivity index is 1.69. The number of anilines is 2. The minimum absolute atomic E-state index is 0.0312. The lowest BCUT2D eigenvalue weighted by atomic mass is 10.0. The molecule has 126 valence electrons. The summed E-state index contributed by atoms with van der Waals surface area (Å²) in [6.45, 7) is 2.60. The summed E-state index contributed by atoms with van der Waals surface area (Å²) in [6, 6.07) is 13.6. The van der Waals surface area contributed by atoms with Crippen LogP contribution >= 0.6 is 0 Å². The molecule has 0 fully saturated rings. The topological polar surface area (TPSA) is 53.6 Å². The van der Waals surface area contributed by atoms with Crippen LogP contribution in [-0.4, -0.2) is 26.7 Å².